The smallest absolute Gasteiger partial charge is 0.163 e. The summed E-state index contributed by atoms with van der Waals surface area (Å²) in [5.41, 5.74) is 1.10. The number of hydrogen-bond donors (Lipinski definition) is 1. The van der Waals surface area contributed by atoms with Crippen molar-refractivity contribution in [2.24, 2.45) is 0 Å². The average molecular weight is 437 g/mol. The number of rotatable bonds is 8. The van der Waals surface area contributed by atoms with E-state index in [1.54, 1.807) is 19.2 Å². The molecule has 8 nitrogen and oxygen atoms in total. The van der Waals surface area contributed by atoms with Crippen LogP contribution in [0, 0.1) is 17.1 Å². The van der Waals surface area contributed by atoms with E-state index in [-0.39, 0.29) is 11.3 Å². The molecule has 0 unspecified atom stereocenters. The van der Waals surface area contributed by atoms with E-state index in [2.05, 4.69) is 20.2 Å². The lowest BCUT2D eigenvalue weighted by atomic mass is 10.2. The van der Waals surface area contributed by atoms with Gasteiger partial charge in [0.2, 0.25) is 0 Å². The number of nitrogens with one attached hydrogen (secondary N) is 1. The van der Waals surface area contributed by atoms with Gasteiger partial charge in [0.15, 0.2) is 11.5 Å². The summed E-state index contributed by atoms with van der Waals surface area (Å²) < 4.78 is 31.2. The van der Waals surface area contributed by atoms with Crippen molar-refractivity contribution in [3.05, 3.63) is 48.0 Å². The lowest BCUT2D eigenvalue weighted by molar-refractivity contribution is 0.0357. The lowest BCUT2D eigenvalue weighted by Gasteiger charge is -2.26. The van der Waals surface area contributed by atoms with Crippen LogP contribution in [0.25, 0.3) is 10.9 Å². The van der Waals surface area contributed by atoms with E-state index in [9.17, 15) is 4.39 Å². The van der Waals surface area contributed by atoms with Crippen LogP contribution < -0.4 is 14.8 Å². The molecule has 1 N–H and O–H groups in total. The zero-order valence-electron chi connectivity index (χ0n) is 17.8. The first-order valence-electron chi connectivity index (χ1n) is 10.4. The maximum absolute atomic E-state index is 14.3. The third-order valence-corrected chi connectivity index (χ3v) is 5.25. The predicted octanol–water partition coefficient (Wildman–Crippen LogP) is 3.49. The molecule has 4 rings (SSSR count). The van der Waals surface area contributed by atoms with Gasteiger partial charge in [0.1, 0.15) is 18.0 Å². The second-order valence-electron chi connectivity index (χ2n) is 7.33. The first-order valence-corrected chi connectivity index (χ1v) is 10.4. The molecule has 0 aliphatic carbocycles. The molecule has 1 aliphatic heterocycles. The third kappa shape index (κ3) is 5.04. The van der Waals surface area contributed by atoms with Gasteiger partial charge in [-0.1, -0.05) is 0 Å². The Bertz CT molecular complexity index is 1130. The van der Waals surface area contributed by atoms with E-state index >= 15 is 0 Å². The molecule has 0 spiro atoms. The van der Waals surface area contributed by atoms with Gasteiger partial charge >= 0.3 is 0 Å². The summed E-state index contributed by atoms with van der Waals surface area (Å²) in [6.07, 6.45) is 2.29. The van der Waals surface area contributed by atoms with Crippen LogP contribution in [0.3, 0.4) is 0 Å². The van der Waals surface area contributed by atoms with Crippen LogP contribution in [0.1, 0.15) is 12.0 Å². The van der Waals surface area contributed by atoms with Gasteiger partial charge in [-0.05, 0) is 30.7 Å². The van der Waals surface area contributed by atoms with Crippen LogP contribution in [0.15, 0.2) is 36.7 Å². The molecule has 9 heteroatoms. The van der Waals surface area contributed by atoms with Crippen LogP contribution in [0.4, 0.5) is 15.9 Å². The van der Waals surface area contributed by atoms with Crippen molar-refractivity contribution in [3.63, 3.8) is 0 Å². The van der Waals surface area contributed by atoms with Gasteiger partial charge in [-0.2, -0.15) is 5.26 Å². The second kappa shape index (κ2) is 10.2. The van der Waals surface area contributed by atoms with Crippen LogP contribution in [0.5, 0.6) is 11.5 Å². The minimum atomic E-state index is -0.539. The minimum absolute atomic E-state index is 0.214. The molecule has 1 aliphatic rings. The van der Waals surface area contributed by atoms with Crippen molar-refractivity contribution in [2.45, 2.75) is 6.42 Å². The number of hydrogen-bond acceptors (Lipinski definition) is 8. The molecule has 0 saturated carbocycles. The Morgan fingerprint density at radius 3 is 2.78 bits per heavy atom. The topological polar surface area (TPSA) is 92.5 Å². The van der Waals surface area contributed by atoms with Crippen molar-refractivity contribution in [2.75, 3.05) is 51.9 Å². The highest BCUT2D eigenvalue weighted by molar-refractivity contribution is 5.93. The fourth-order valence-corrected chi connectivity index (χ4v) is 3.54. The molecule has 1 fully saturated rings. The van der Waals surface area contributed by atoms with Gasteiger partial charge in [-0.15, -0.1) is 0 Å². The molecule has 1 saturated heterocycles. The Hall–Kier alpha value is -3.48. The zero-order valence-corrected chi connectivity index (χ0v) is 17.8. The van der Waals surface area contributed by atoms with Gasteiger partial charge in [0.05, 0.1) is 49.8 Å². The predicted molar refractivity (Wildman–Crippen MR) is 118 cm³/mol. The van der Waals surface area contributed by atoms with Gasteiger partial charge in [0, 0.05) is 31.1 Å². The summed E-state index contributed by atoms with van der Waals surface area (Å²) in [7, 11) is 1.57. The number of morpholine rings is 1. The van der Waals surface area contributed by atoms with E-state index in [4.69, 9.17) is 19.5 Å². The van der Waals surface area contributed by atoms with Crippen molar-refractivity contribution in [1.29, 1.82) is 5.26 Å². The number of halogens is 1. The fraction of sp³-hybridized carbons (Fsp3) is 0.348. The molecular weight excluding hydrogens is 413 g/mol. The zero-order chi connectivity index (χ0) is 22.3. The van der Waals surface area contributed by atoms with E-state index < -0.39 is 5.82 Å². The molecule has 0 atom stereocenters. The molecular formula is C23H24FN5O3. The Morgan fingerprint density at radius 1 is 1.19 bits per heavy atom. The highest BCUT2D eigenvalue weighted by atomic mass is 19.1. The number of nitriles is 1. The maximum atomic E-state index is 14.3. The number of methoxy groups -OCH3 is 1. The summed E-state index contributed by atoms with van der Waals surface area (Å²) >= 11 is 0. The van der Waals surface area contributed by atoms with Crippen LogP contribution >= 0.6 is 0 Å². The normalized spacial score (nSPS) is 14.2. The number of nitrogens with zero attached hydrogens (tertiary/aromatic N) is 4. The number of benzene rings is 2. The summed E-state index contributed by atoms with van der Waals surface area (Å²) in [4.78, 5) is 10.9. The maximum Gasteiger partial charge on any atom is 0.163 e. The highest BCUT2D eigenvalue weighted by Crippen LogP contribution is 2.35. The molecule has 0 bridgehead atoms. The van der Waals surface area contributed by atoms with Crippen molar-refractivity contribution in [3.8, 4) is 17.6 Å². The molecule has 0 amide bonds. The SMILES string of the molecule is COc1cc2c(Nc3ccc(C#N)cc3F)ncnc2cc1OCCCN1CCOCC1. The fourth-order valence-electron chi connectivity index (χ4n) is 3.54. The first kappa shape index (κ1) is 21.7. The van der Waals surface area contributed by atoms with Gasteiger partial charge in [0.25, 0.3) is 0 Å². The average Bonchev–Trinajstić information content (AvgIpc) is 2.83. The van der Waals surface area contributed by atoms with Crippen LogP contribution in [0.2, 0.25) is 0 Å². The molecule has 2 aromatic carbocycles. The Kier molecular flexibility index (Phi) is 6.94. The number of anilines is 2. The van der Waals surface area contributed by atoms with E-state index in [1.165, 1.54) is 24.5 Å². The quantitative estimate of drug-likeness (QED) is 0.536. The third-order valence-electron chi connectivity index (χ3n) is 5.25. The molecule has 32 heavy (non-hydrogen) atoms. The Labute approximate surface area is 185 Å². The largest absolute Gasteiger partial charge is 0.493 e. The van der Waals surface area contributed by atoms with Gasteiger partial charge in [-0.25, -0.2) is 14.4 Å². The lowest BCUT2D eigenvalue weighted by Crippen LogP contribution is -2.37. The Balaban J connectivity index is 1.50. The van der Waals surface area contributed by atoms with E-state index in [0.717, 1.165) is 39.3 Å². The molecule has 2 heterocycles. The van der Waals surface area contributed by atoms with Gasteiger partial charge < -0.3 is 19.5 Å². The van der Waals surface area contributed by atoms with E-state index in [0.29, 0.717) is 34.8 Å². The van der Waals surface area contributed by atoms with Crippen LogP contribution in [-0.4, -0.2) is 61.4 Å². The number of aromatic nitrogens is 2. The van der Waals surface area contributed by atoms with Gasteiger partial charge in [-0.3, -0.25) is 4.90 Å². The first-order chi connectivity index (χ1) is 15.7. The molecule has 0 radical (unpaired) electrons. The van der Waals surface area contributed by atoms with Crippen molar-refractivity contribution >= 4 is 22.4 Å². The molecule has 3 aromatic rings. The molecule has 1 aromatic heterocycles. The highest BCUT2D eigenvalue weighted by Gasteiger charge is 2.14. The number of fused-ring (bicyclic) bond motifs is 1. The summed E-state index contributed by atoms with van der Waals surface area (Å²) in [5, 5.41) is 12.6. The summed E-state index contributed by atoms with van der Waals surface area (Å²) in [5.74, 6) is 1.02. The standard InChI is InChI=1S/C23H24FN5O3/c1-30-21-12-17-20(13-22(21)32-8-2-5-29-6-9-31-10-7-29)26-15-27-23(17)28-19-4-3-16(14-25)11-18(19)24/h3-4,11-13,15H,2,5-10H2,1H3,(H,26,27,28). The molecule has 166 valence electrons. The second-order valence-corrected chi connectivity index (χ2v) is 7.33. The van der Waals surface area contributed by atoms with Crippen LogP contribution in [-0.2, 0) is 4.74 Å². The van der Waals surface area contributed by atoms with Crippen molar-refractivity contribution in [1.82, 2.24) is 14.9 Å². The van der Waals surface area contributed by atoms with E-state index in [1.807, 2.05) is 6.07 Å². The minimum Gasteiger partial charge on any atom is -0.493 e. The van der Waals surface area contributed by atoms with Crippen molar-refractivity contribution < 1.29 is 18.6 Å². The Morgan fingerprint density at radius 2 is 2.03 bits per heavy atom. The summed E-state index contributed by atoms with van der Waals surface area (Å²) in [6, 6.07) is 9.71. The monoisotopic (exact) mass is 437 g/mol. The number of ether oxygens (including phenoxy) is 3. The summed E-state index contributed by atoms with van der Waals surface area (Å²) in [6.45, 7) is 4.96.